The van der Waals surface area contributed by atoms with Gasteiger partial charge in [0.05, 0.1) is 12.3 Å². The molecule has 3 rings (SSSR count). The Morgan fingerprint density at radius 2 is 2.00 bits per heavy atom. The fourth-order valence-electron chi connectivity index (χ4n) is 3.09. The van der Waals surface area contributed by atoms with Crippen LogP contribution in [-0.2, 0) is 19.3 Å². The number of amidine groups is 1. The molecule has 27 heavy (non-hydrogen) atoms. The van der Waals surface area contributed by atoms with Gasteiger partial charge in [0.2, 0.25) is 16.7 Å². The average molecular weight is 390 g/mol. The number of nitrogens with one attached hydrogen (secondary N) is 1. The van der Waals surface area contributed by atoms with Crippen LogP contribution in [0.2, 0.25) is 0 Å². The van der Waals surface area contributed by atoms with Gasteiger partial charge in [-0.3, -0.25) is 14.4 Å². The molecule has 9 heteroatoms. The number of carbonyl (C=O) groups is 3. The van der Waals surface area contributed by atoms with E-state index in [1.807, 2.05) is 6.92 Å². The molecule has 0 fully saturated rings. The Kier molecular flexibility index (Phi) is 5.14. The molecule has 0 aromatic heterocycles. The lowest BCUT2D eigenvalue weighted by molar-refractivity contribution is -0.140. The molecule has 0 saturated heterocycles. The number of benzene rings is 1. The van der Waals surface area contributed by atoms with Crippen LogP contribution in [0.25, 0.3) is 0 Å². The summed E-state index contributed by atoms with van der Waals surface area (Å²) in [5.74, 6) is -0.222. The number of hydrogen-bond acceptors (Lipinski definition) is 6. The van der Waals surface area contributed by atoms with E-state index in [0.717, 1.165) is 11.8 Å². The Labute approximate surface area is 161 Å². The number of rotatable bonds is 4. The SMILES string of the molecule is CCOc1ccc2c(c1)[C@]1(SC(NC(=O)CC)=NN1C(=O)CC)C(=O)N2C. The first kappa shape index (κ1) is 19.2. The van der Waals surface area contributed by atoms with Gasteiger partial charge in [-0.2, -0.15) is 5.01 Å². The predicted octanol–water partition coefficient (Wildman–Crippen LogP) is 2.00. The van der Waals surface area contributed by atoms with Crippen LogP contribution in [0.15, 0.2) is 23.3 Å². The van der Waals surface area contributed by atoms with Crippen LogP contribution in [0.1, 0.15) is 39.2 Å². The van der Waals surface area contributed by atoms with Crippen molar-refractivity contribution in [1.29, 1.82) is 0 Å². The minimum atomic E-state index is -1.37. The first-order valence-electron chi connectivity index (χ1n) is 8.85. The van der Waals surface area contributed by atoms with E-state index in [1.54, 1.807) is 39.1 Å². The Morgan fingerprint density at radius 3 is 2.63 bits per heavy atom. The van der Waals surface area contributed by atoms with Crippen LogP contribution in [0, 0.1) is 0 Å². The zero-order chi connectivity index (χ0) is 19.8. The summed E-state index contributed by atoms with van der Waals surface area (Å²) >= 11 is 1.07. The van der Waals surface area contributed by atoms with Gasteiger partial charge in [0.25, 0.3) is 5.91 Å². The largest absolute Gasteiger partial charge is 0.494 e. The zero-order valence-corrected chi connectivity index (χ0v) is 16.6. The van der Waals surface area contributed by atoms with Crippen LogP contribution in [0.4, 0.5) is 5.69 Å². The molecule has 0 aliphatic carbocycles. The first-order valence-corrected chi connectivity index (χ1v) is 9.66. The van der Waals surface area contributed by atoms with Crippen molar-refractivity contribution < 1.29 is 19.1 Å². The molecule has 3 amide bonds. The molecule has 0 saturated carbocycles. The summed E-state index contributed by atoms with van der Waals surface area (Å²) in [4.78, 5) is 37.9. The number of hydrogen-bond donors (Lipinski definition) is 1. The Balaban J connectivity index is 2.12. The maximum absolute atomic E-state index is 13.3. The summed E-state index contributed by atoms with van der Waals surface area (Å²) in [5.41, 5.74) is 1.31. The number of fused-ring (bicyclic) bond motifs is 2. The van der Waals surface area contributed by atoms with Crippen molar-refractivity contribution >= 4 is 40.3 Å². The normalized spacial score (nSPS) is 20.7. The summed E-state index contributed by atoms with van der Waals surface area (Å²) < 4.78 is 5.59. The summed E-state index contributed by atoms with van der Waals surface area (Å²) in [6.45, 7) is 5.78. The van der Waals surface area contributed by atoms with Crippen LogP contribution in [0.5, 0.6) is 5.75 Å². The number of ether oxygens (including phenoxy) is 1. The van der Waals surface area contributed by atoms with Crippen LogP contribution in [0.3, 0.4) is 0 Å². The average Bonchev–Trinajstić information content (AvgIpc) is 3.14. The lowest BCUT2D eigenvalue weighted by Gasteiger charge is -2.29. The number of carbonyl (C=O) groups excluding carboxylic acids is 3. The fourth-order valence-corrected chi connectivity index (χ4v) is 4.39. The molecule has 1 spiro atoms. The number of likely N-dealkylation sites (N-methyl/N-ethyl adjacent to an activating group) is 1. The van der Waals surface area contributed by atoms with Crippen molar-refractivity contribution in [3.63, 3.8) is 0 Å². The molecule has 1 aromatic rings. The van der Waals surface area contributed by atoms with Crippen molar-refractivity contribution in [2.45, 2.75) is 38.5 Å². The topological polar surface area (TPSA) is 91.3 Å². The van der Waals surface area contributed by atoms with Crippen LogP contribution >= 0.6 is 11.8 Å². The molecule has 8 nitrogen and oxygen atoms in total. The molecular formula is C18H22N4O4S. The van der Waals surface area contributed by atoms with Gasteiger partial charge in [0, 0.05) is 25.5 Å². The van der Waals surface area contributed by atoms with Crippen molar-refractivity contribution in [1.82, 2.24) is 10.3 Å². The van der Waals surface area contributed by atoms with Gasteiger partial charge in [-0.25, -0.2) is 0 Å². The van der Waals surface area contributed by atoms with Gasteiger partial charge in [0.15, 0.2) is 5.17 Å². The van der Waals surface area contributed by atoms with Crippen molar-refractivity contribution in [2.24, 2.45) is 5.10 Å². The van der Waals surface area contributed by atoms with Gasteiger partial charge < -0.3 is 15.0 Å². The van der Waals surface area contributed by atoms with Gasteiger partial charge in [0.1, 0.15) is 5.75 Å². The van der Waals surface area contributed by atoms with E-state index < -0.39 is 4.87 Å². The van der Waals surface area contributed by atoms with Crippen molar-refractivity contribution in [3.8, 4) is 5.75 Å². The standard InChI is InChI=1S/C18H22N4O4S/c1-5-14(23)19-17-20-22(15(24)6-2)18(27-17)12-10-11(26-7-3)8-9-13(12)21(4)16(18)25/h8-10H,5-7H2,1-4H3,(H,19,20,23)/t18-/m0/s1. The van der Waals surface area contributed by atoms with Gasteiger partial charge in [-0.05, 0) is 36.9 Å². The Bertz CT molecular complexity index is 841. The second-order valence-corrected chi connectivity index (χ2v) is 7.27. The zero-order valence-electron chi connectivity index (χ0n) is 15.7. The van der Waals surface area contributed by atoms with Crippen LogP contribution < -0.4 is 15.0 Å². The summed E-state index contributed by atoms with van der Waals surface area (Å²) in [6, 6.07) is 5.35. The van der Waals surface area contributed by atoms with E-state index in [-0.39, 0.29) is 35.7 Å². The lowest BCUT2D eigenvalue weighted by atomic mass is 10.1. The maximum atomic E-state index is 13.3. The Morgan fingerprint density at radius 1 is 1.26 bits per heavy atom. The van der Waals surface area contributed by atoms with Gasteiger partial charge >= 0.3 is 0 Å². The van der Waals surface area contributed by atoms with Crippen molar-refractivity contribution in [3.05, 3.63) is 23.8 Å². The highest BCUT2D eigenvalue weighted by Gasteiger charge is 2.60. The molecule has 2 heterocycles. The summed E-state index contributed by atoms with van der Waals surface area (Å²) in [5, 5.41) is 8.39. The molecular weight excluding hydrogens is 368 g/mol. The number of hydrazone groups is 1. The third kappa shape index (κ3) is 2.95. The highest BCUT2D eigenvalue weighted by molar-refractivity contribution is 8.15. The fraction of sp³-hybridized carbons (Fsp3) is 0.444. The smallest absolute Gasteiger partial charge is 0.270 e. The number of thioether (sulfide) groups is 1. The molecule has 1 atom stereocenters. The number of nitrogens with zero attached hydrogens (tertiary/aromatic N) is 3. The van der Waals surface area contributed by atoms with E-state index >= 15 is 0 Å². The van der Waals surface area contributed by atoms with E-state index in [4.69, 9.17) is 4.74 Å². The highest BCUT2D eigenvalue weighted by atomic mass is 32.2. The molecule has 2 aliphatic rings. The molecule has 1 N–H and O–H groups in total. The van der Waals surface area contributed by atoms with E-state index in [0.29, 0.717) is 23.6 Å². The minimum Gasteiger partial charge on any atom is -0.494 e. The van der Waals surface area contributed by atoms with Gasteiger partial charge in [-0.1, -0.05) is 13.8 Å². The van der Waals surface area contributed by atoms with E-state index in [9.17, 15) is 14.4 Å². The summed E-state index contributed by atoms with van der Waals surface area (Å²) in [7, 11) is 1.66. The monoisotopic (exact) mass is 390 g/mol. The van der Waals surface area contributed by atoms with Crippen molar-refractivity contribution in [2.75, 3.05) is 18.6 Å². The Hall–Kier alpha value is -2.55. The third-order valence-corrected chi connectivity index (χ3v) is 5.68. The minimum absolute atomic E-state index is 0.179. The van der Waals surface area contributed by atoms with E-state index in [1.165, 1.54) is 9.91 Å². The quantitative estimate of drug-likeness (QED) is 0.849. The third-order valence-electron chi connectivity index (χ3n) is 4.44. The second-order valence-electron chi connectivity index (χ2n) is 6.09. The lowest BCUT2D eigenvalue weighted by Crippen LogP contribution is -2.48. The van der Waals surface area contributed by atoms with Gasteiger partial charge in [-0.15, -0.1) is 5.10 Å². The molecule has 2 aliphatic heterocycles. The molecule has 0 unspecified atom stereocenters. The maximum Gasteiger partial charge on any atom is 0.270 e. The first-order chi connectivity index (χ1) is 12.9. The van der Waals surface area contributed by atoms with E-state index in [2.05, 4.69) is 10.4 Å². The molecule has 144 valence electrons. The summed E-state index contributed by atoms with van der Waals surface area (Å²) in [6.07, 6.45) is 0.450. The molecule has 0 radical (unpaired) electrons. The molecule has 1 aromatic carbocycles. The van der Waals surface area contributed by atoms with Crippen LogP contribution in [-0.4, -0.2) is 41.6 Å². The number of anilines is 1. The second kappa shape index (κ2) is 7.22. The predicted molar refractivity (Wildman–Crippen MR) is 103 cm³/mol. The highest BCUT2D eigenvalue weighted by Crippen LogP contribution is 2.54. The molecule has 0 bridgehead atoms. The number of amides is 3.